The van der Waals surface area contributed by atoms with Crippen molar-refractivity contribution in [3.63, 3.8) is 0 Å². The molecule has 4 rings (SSSR count). The molecule has 0 spiro atoms. The first kappa shape index (κ1) is 17.7. The summed E-state index contributed by atoms with van der Waals surface area (Å²) in [4.78, 5) is 11.8. The number of fused-ring (bicyclic) bond motifs is 1. The number of aromatic nitrogens is 4. The minimum absolute atomic E-state index is 0.0390. The number of carbonyl (C=O) groups excluding carboxylic acids is 1. The van der Waals surface area contributed by atoms with E-state index in [9.17, 15) is 4.79 Å². The average Bonchev–Trinajstić information content (AvgIpc) is 3.10. The predicted molar refractivity (Wildman–Crippen MR) is 106 cm³/mol. The molecule has 0 saturated heterocycles. The first-order valence-electron chi connectivity index (χ1n) is 9.00. The van der Waals surface area contributed by atoms with Gasteiger partial charge in [-0.15, -0.1) is 15.3 Å². The molecule has 140 valence electrons. The largest absolute Gasteiger partial charge is 0.437 e. The van der Waals surface area contributed by atoms with E-state index in [1.165, 1.54) is 0 Å². The molecule has 0 aliphatic rings. The Morgan fingerprint density at radius 3 is 2.68 bits per heavy atom. The van der Waals surface area contributed by atoms with Gasteiger partial charge in [-0.25, -0.2) is 0 Å². The summed E-state index contributed by atoms with van der Waals surface area (Å²) in [6.07, 6.45) is 0.418. The van der Waals surface area contributed by atoms with Crippen LogP contribution < -0.4 is 10.1 Å². The molecule has 0 atom stereocenters. The van der Waals surface area contributed by atoms with Crippen LogP contribution in [0.25, 0.3) is 16.8 Å². The Labute approximate surface area is 162 Å². The number of anilines is 1. The normalized spacial score (nSPS) is 10.8. The van der Waals surface area contributed by atoms with Crippen LogP contribution in [0.1, 0.15) is 19.2 Å². The third-order valence-electron chi connectivity index (χ3n) is 4.28. The summed E-state index contributed by atoms with van der Waals surface area (Å²) in [6, 6.07) is 19.0. The number of amides is 1. The molecule has 2 aromatic carbocycles. The van der Waals surface area contributed by atoms with Crippen molar-refractivity contribution in [3.05, 3.63) is 66.5 Å². The summed E-state index contributed by atoms with van der Waals surface area (Å²) in [5.41, 5.74) is 3.21. The zero-order chi connectivity index (χ0) is 19.5. The van der Waals surface area contributed by atoms with Gasteiger partial charge in [-0.05, 0) is 36.8 Å². The van der Waals surface area contributed by atoms with Gasteiger partial charge in [-0.2, -0.15) is 4.52 Å². The van der Waals surface area contributed by atoms with Crippen molar-refractivity contribution in [1.82, 2.24) is 19.8 Å². The maximum atomic E-state index is 11.8. The highest BCUT2D eigenvalue weighted by Crippen LogP contribution is 2.35. The van der Waals surface area contributed by atoms with Gasteiger partial charge in [0.2, 0.25) is 11.8 Å². The molecule has 0 fully saturated rings. The number of nitrogens with one attached hydrogen (secondary N) is 1. The van der Waals surface area contributed by atoms with Crippen LogP contribution in [0.3, 0.4) is 0 Å². The van der Waals surface area contributed by atoms with Crippen molar-refractivity contribution in [2.24, 2.45) is 0 Å². The van der Waals surface area contributed by atoms with Crippen LogP contribution in [-0.2, 0) is 4.79 Å². The second-order valence-corrected chi connectivity index (χ2v) is 6.27. The molecule has 4 aromatic rings. The van der Waals surface area contributed by atoms with Crippen molar-refractivity contribution in [3.8, 4) is 22.8 Å². The maximum absolute atomic E-state index is 11.8. The fraction of sp³-hybridized carbons (Fsp3) is 0.143. The zero-order valence-corrected chi connectivity index (χ0v) is 15.6. The highest BCUT2D eigenvalue weighted by molar-refractivity contribution is 5.91. The molecule has 0 radical (unpaired) electrons. The lowest BCUT2D eigenvalue weighted by atomic mass is 10.0. The molecule has 2 heterocycles. The van der Waals surface area contributed by atoms with E-state index in [2.05, 4.69) is 20.6 Å². The fourth-order valence-corrected chi connectivity index (χ4v) is 2.84. The Kier molecular flexibility index (Phi) is 4.72. The molecule has 28 heavy (non-hydrogen) atoms. The van der Waals surface area contributed by atoms with Gasteiger partial charge < -0.3 is 10.1 Å². The van der Waals surface area contributed by atoms with Crippen molar-refractivity contribution in [2.75, 3.05) is 5.32 Å². The summed E-state index contributed by atoms with van der Waals surface area (Å²) < 4.78 is 7.71. The molecule has 2 aromatic heterocycles. The highest BCUT2D eigenvalue weighted by Gasteiger charge is 2.12. The highest BCUT2D eigenvalue weighted by atomic mass is 16.5. The third kappa shape index (κ3) is 3.55. The van der Waals surface area contributed by atoms with E-state index in [-0.39, 0.29) is 5.91 Å². The van der Waals surface area contributed by atoms with Crippen LogP contribution >= 0.6 is 0 Å². The Morgan fingerprint density at radius 2 is 1.89 bits per heavy atom. The number of carbonyl (C=O) groups is 1. The minimum atomic E-state index is -0.0390. The first-order valence-corrected chi connectivity index (χ1v) is 9.00. The van der Waals surface area contributed by atoms with Gasteiger partial charge in [-0.3, -0.25) is 4.79 Å². The van der Waals surface area contributed by atoms with Gasteiger partial charge in [0.1, 0.15) is 5.75 Å². The fourth-order valence-electron chi connectivity index (χ4n) is 2.84. The number of rotatable bonds is 5. The maximum Gasteiger partial charge on any atom is 0.237 e. The van der Waals surface area contributed by atoms with E-state index in [0.29, 0.717) is 29.5 Å². The lowest BCUT2D eigenvalue weighted by Gasteiger charge is -2.13. The topological polar surface area (TPSA) is 81.4 Å². The van der Waals surface area contributed by atoms with Gasteiger partial charge in [0.05, 0.1) is 0 Å². The SMILES string of the molecule is CCC(=O)Nc1ccc(Oc2ccc3nnc(C)n3n2)c(-c2ccccc2)c1. The van der Waals surface area contributed by atoms with Crippen LogP contribution in [-0.4, -0.2) is 25.7 Å². The van der Waals surface area contributed by atoms with Gasteiger partial charge >= 0.3 is 0 Å². The second kappa shape index (κ2) is 7.48. The lowest BCUT2D eigenvalue weighted by Crippen LogP contribution is -2.09. The van der Waals surface area contributed by atoms with E-state index < -0.39 is 0 Å². The van der Waals surface area contributed by atoms with Crippen molar-refractivity contribution in [2.45, 2.75) is 20.3 Å². The molecule has 7 heteroatoms. The standard InChI is InChI=1S/C21H19N5O2/c1-3-20(27)22-16-9-10-18(17(13-16)15-7-5-4-6-8-15)28-21-12-11-19-24-23-14(2)26(19)25-21/h4-13H,3H2,1-2H3,(H,22,27). The van der Waals surface area contributed by atoms with Crippen molar-refractivity contribution < 1.29 is 9.53 Å². The number of hydrogen-bond donors (Lipinski definition) is 1. The van der Waals surface area contributed by atoms with Gasteiger partial charge in [0, 0.05) is 23.7 Å². The molecule has 0 bridgehead atoms. The predicted octanol–water partition coefficient (Wildman–Crippen LogP) is 4.24. The number of aryl methyl sites for hydroxylation is 1. The molecule has 7 nitrogen and oxygen atoms in total. The van der Waals surface area contributed by atoms with Crippen LogP contribution in [0.4, 0.5) is 5.69 Å². The second-order valence-electron chi connectivity index (χ2n) is 6.27. The van der Waals surface area contributed by atoms with Gasteiger partial charge in [0.25, 0.3) is 0 Å². The van der Waals surface area contributed by atoms with Crippen LogP contribution in [0.2, 0.25) is 0 Å². The molecule has 1 amide bonds. The summed E-state index contributed by atoms with van der Waals surface area (Å²) >= 11 is 0. The summed E-state index contributed by atoms with van der Waals surface area (Å²) in [6.45, 7) is 3.65. The minimum Gasteiger partial charge on any atom is -0.437 e. The van der Waals surface area contributed by atoms with E-state index in [1.807, 2.05) is 62.4 Å². The monoisotopic (exact) mass is 373 g/mol. The Hall–Kier alpha value is -3.74. The molecule has 0 unspecified atom stereocenters. The molecular formula is C21H19N5O2. The Balaban J connectivity index is 1.74. The third-order valence-corrected chi connectivity index (χ3v) is 4.28. The zero-order valence-electron chi connectivity index (χ0n) is 15.6. The summed E-state index contributed by atoms with van der Waals surface area (Å²) in [7, 11) is 0. The molecular weight excluding hydrogens is 354 g/mol. The summed E-state index contributed by atoms with van der Waals surface area (Å²) in [5, 5.41) is 15.4. The van der Waals surface area contributed by atoms with Crippen molar-refractivity contribution >= 4 is 17.2 Å². The number of ether oxygens (including phenoxy) is 1. The Bertz CT molecular complexity index is 1140. The number of hydrogen-bond acceptors (Lipinski definition) is 5. The number of nitrogens with zero attached hydrogens (tertiary/aromatic N) is 4. The van der Waals surface area contributed by atoms with E-state index in [4.69, 9.17) is 4.74 Å². The Morgan fingerprint density at radius 1 is 1.07 bits per heavy atom. The average molecular weight is 373 g/mol. The van der Waals surface area contributed by atoms with Crippen molar-refractivity contribution in [1.29, 1.82) is 0 Å². The molecule has 0 aliphatic carbocycles. The summed E-state index contributed by atoms with van der Waals surface area (Å²) in [5.74, 6) is 1.71. The molecule has 0 aliphatic heterocycles. The van der Waals surface area contributed by atoms with E-state index in [1.54, 1.807) is 16.6 Å². The van der Waals surface area contributed by atoms with Crippen LogP contribution in [0.15, 0.2) is 60.7 Å². The van der Waals surface area contributed by atoms with Crippen LogP contribution in [0, 0.1) is 6.92 Å². The van der Waals surface area contributed by atoms with Gasteiger partial charge in [0.15, 0.2) is 11.5 Å². The number of benzene rings is 2. The quantitative estimate of drug-likeness (QED) is 0.566. The molecule has 1 N–H and O–H groups in total. The lowest BCUT2D eigenvalue weighted by molar-refractivity contribution is -0.115. The molecule has 0 saturated carbocycles. The smallest absolute Gasteiger partial charge is 0.237 e. The van der Waals surface area contributed by atoms with Gasteiger partial charge in [-0.1, -0.05) is 37.3 Å². The first-order chi connectivity index (χ1) is 13.6. The van der Waals surface area contributed by atoms with E-state index >= 15 is 0 Å². The van der Waals surface area contributed by atoms with Crippen LogP contribution in [0.5, 0.6) is 11.6 Å². The van der Waals surface area contributed by atoms with E-state index in [0.717, 1.165) is 16.8 Å².